The summed E-state index contributed by atoms with van der Waals surface area (Å²) < 4.78 is 45.2. The number of methoxy groups -OCH3 is 1. The van der Waals surface area contributed by atoms with Crippen LogP contribution in [0.5, 0.6) is 5.75 Å². The van der Waals surface area contributed by atoms with Gasteiger partial charge in [-0.05, 0) is 17.9 Å². The monoisotopic (exact) mass is 418 g/mol. The summed E-state index contributed by atoms with van der Waals surface area (Å²) in [5.74, 6) is 0.299. The maximum Gasteiger partial charge on any atom is 0.431 e. The Morgan fingerprint density at radius 1 is 1.30 bits per heavy atom. The first-order chi connectivity index (χ1) is 10.2. The Labute approximate surface area is 160 Å². The first-order valence-corrected chi connectivity index (χ1v) is 6.54. The van der Waals surface area contributed by atoms with Gasteiger partial charge in [0.25, 0.3) is 5.56 Å². The number of hydrogen-bond donors (Lipinski definition) is 0. The van der Waals surface area contributed by atoms with Crippen LogP contribution in [0.4, 0.5) is 13.2 Å². The fourth-order valence-corrected chi connectivity index (χ4v) is 2.28. The van der Waals surface area contributed by atoms with Gasteiger partial charge in [0, 0.05) is 51.6 Å². The Balaban J connectivity index is 0.00000264. The van der Waals surface area contributed by atoms with Crippen molar-refractivity contribution in [2.75, 3.05) is 7.11 Å². The van der Waals surface area contributed by atoms with E-state index in [1.54, 1.807) is 19.1 Å². The normalized spacial score (nSPS) is 11.0. The average molecular weight is 418 g/mol. The van der Waals surface area contributed by atoms with Crippen LogP contribution in [0.3, 0.4) is 0 Å². The van der Waals surface area contributed by atoms with Crippen LogP contribution in [0, 0.1) is 17.8 Å². The van der Waals surface area contributed by atoms with Crippen LogP contribution in [0.15, 0.2) is 23.0 Å². The molecule has 0 atom stereocenters. The van der Waals surface area contributed by atoms with Crippen LogP contribution >= 0.6 is 12.2 Å². The predicted octanol–water partition coefficient (Wildman–Crippen LogP) is 3.04. The smallest absolute Gasteiger partial charge is 0.431 e. The molecule has 9 heteroatoms. The molecule has 1 heterocycles. The number of benzene rings is 1. The van der Waals surface area contributed by atoms with E-state index in [4.69, 9.17) is 17.0 Å². The molecule has 0 saturated carbocycles. The Kier molecular flexibility index (Phi) is 6.35. The first-order valence-electron chi connectivity index (χ1n) is 6.13. The molecule has 1 aromatic carbocycles. The molecule has 0 amide bonds. The largest absolute Gasteiger partial charge is 0.552 e. The number of alkyl halides is 3. The van der Waals surface area contributed by atoms with E-state index in [-0.39, 0.29) is 43.2 Å². The van der Waals surface area contributed by atoms with Crippen molar-refractivity contribution in [2.45, 2.75) is 13.1 Å². The minimum atomic E-state index is -4.67. The molecular weight excluding hydrogens is 406 g/mol. The maximum atomic E-state index is 12.9. The molecule has 0 bridgehead atoms. The summed E-state index contributed by atoms with van der Waals surface area (Å²) in [5.41, 5.74) is -0.998. The van der Waals surface area contributed by atoms with Crippen LogP contribution < -0.4 is 10.3 Å². The summed E-state index contributed by atoms with van der Waals surface area (Å²) in [6.07, 6.45) is -4.67. The second-order valence-electron chi connectivity index (χ2n) is 4.64. The van der Waals surface area contributed by atoms with Crippen molar-refractivity contribution < 1.29 is 50.6 Å². The molecule has 0 unspecified atom stereocenters. The van der Waals surface area contributed by atoms with Gasteiger partial charge in [-0.2, -0.15) is 30.9 Å². The second-order valence-corrected chi connectivity index (χ2v) is 5.00. The Bertz CT molecular complexity index is 843. The molecule has 0 aliphatic rings. The standard InChI is InChI=1S/C14H12F3N2O2S.Y/c1-8-4-5-9(10(6-8)21-3)19-12(20)7-11(14(15,16)17)18(2)13(19)22;/h4,6-7H,1-3H3;/q-1;. The zero-order chi connectivity index (χ0) is 16.7. The molecule has 0 spiro atoms. The van der Waals surface area contributed by atoms with E-state index in [2.05, 4.69) is 6.07 Å². The average Bonchev–Trinajstić information content (AvgIpc) is 2.43. The minimum absolute atomic E-state index is 0. The Morgan fingerprint density at radius 2 is 1.91 bits per heavy atom. The van der Waals surface area contributed by atoms with E-state index >= 15 is 0 Å². The Hall–Kier alpha value is -0.986. The number of rotatable bonds is 2. The van der Waals surface area contributed by atoms with Crippen LogP contribution in [-0.2, 0) is 45.9 Å². The molecule has 2 rings (SSSR count). The zero-order valence-corrected chi connectivity index (χ0v) is 16.2. The summed E-state index contributed by atoms with van der Waals surface area (Å²) in [6.45, 7) is 1.80. The van der Waals surface area contributed by atoms with Gasteiger partial charge < -0.3 is 9.30 Å². The molecule has 0 fully saturated rings. The molecule has 0 aliphatic heterocycles. The molecule has 1 radical (unpaired) electrons. The molecule has 1 aromatic heterocycles. The number of halogens is 3. The number of hydrogen-bond acceptors (Lipinski definition) is 3. The van der Waals surface area contributed by atoms with E-state index in [1.807, 2.05) is 0 Å². The summed E-state index contributed by atoms with van der Waals surface area (Å²) in [4.78, 5) is 12.1. The van der Waals surface area contributed by atoms with Crippen molar-refractivity contribution in [2.24, 2.45) is 7.05 Å². The Morgan fingerprint density at radius 3 is 2.43 bits per heavy atom. The van der Waals surface area contributed by atoms with Crippen molar-refractivity contribution in [3.05, 3.63) is 50.6 Å². The molecular formula is C14H12F3N2O2SY-. The minimum Gasteiger partial charge on any atom is -0.552 e. The third-order valence-corrected chi connectivity index (χ3v) is 3.54. The van der Waals surface area contributed by atoms with Crippen LogP contribution in [0.2, 0.25) is 0 Å². The van der Waals surface area contributed by atoms with Crippen LogP contribution in [0.1, 0.15) is 11.3 Å². The molecule has 0 saturated heterocycles. The van der Waals surface area contributed by atoms with Crippen molar-refractivity contribution in [1.29, 1.82) is 0 Å². The van der Waals surface area contributed by atoms with Gasteiger partial charge in [0.2, 0.25) is 0 Å². The maximum absolute atomic E-state index is 12.9. The summed E-state index contributed by atoms with van der Waals surface area (Å²) in [7, 11) is 2.55. The van der Waals surface area contributed by atoms with Gasteiger partial charge in [-0.25, -0.2) is 0 Å². The van der Waals surface area contributed by atoms with E-state index < -0.39 is 17.4 Å². The molecule has 2 aromatic rings. The number of aromatic nitrogens is 2. The molecule has 23 heavy (non-hydrogen) atoms. The molecule has 121 valence electrons. The quantitative estimate of drug-likeness (QED) is 0.556. The van der Waals surface area contributed by atoms with E-state index in [0.717, 1.165) is 21.7 Å². The van der Waals surface area contributed by atoms with Gasteiger partial charge in [0.1, 0.15) is 5.69 Å². The molecule has 4 nitrogen and oxygen atoms in total. The van der Waals surface area contributed by atoms with Gasteiger partial charge in [-0.15, -0.1) is 6.07 Å². The van der Waals surface area contributed by atoms with Gasteiger partial charge >= 0.3 is 6.18 Å². The number of aryl methyl sites for hydroxylation is 1. The van der Waals surface area contributed by atoms with E-state index in [9.17, 15) is 18.0 Å². The number of ether oxygens (including phenoxy) is 1. The van der Waals surface area contributed by atoms with Gasteiger partial charge in [-0.1, -0.05) is 6.92 Å². The van der Waals surface area contributed by atoms with Crippen LogP contribution in [0.25, 0.3) is 5.69 Å². The summed E-state index contributed by atoms with van der Waals surface area (Å²) in [5, 5.41) is 0. The summed E-state index contributed by atoms with van der Waals surface area (Å²) in [6, 6.07) is 6.56. The summed E-state index contributed by atoms with van der Waals surface area (Å²) >= 11 is 5.01. The third kappa shape index (κ3) is 3.92. The van der Waals surface area contributed by atoms with Gasteiger partial charge in [0.05, 0.1) is 7.11 Å². The second kappa shape index (κ2) is 7.28. The predicted molar refractivity (Wildman–Crippen MR) is 77.0 cm³/mol. The van der Waals surface area contributed by atoms with Crippen molar-refractivity contribution in [1.82, 2.24) is 9.13 Å². The van der Waals surface area contributed by atoms with Gasteiger partial charge in [-0.3, -0.25) is 9.36 Å². The zero-order valence-electron chi connectivity index (χ0n) is 12.6. The van der Waals surface area contributed by atoms with Crippen LogP contribution in [-0.4, -0.2) is 16.2 Å². The van der Waals surface area contributed by atoms with Crippen molar-refractivity contribution >= 4 is 12.2 Å². The van der Waals surface area contributed by atoms with E-state index in [1.165, 1.54) is 7.11 Å². The van der Waals surface area contributed by atoms with Crippen molar-refractivity contribution in [3.8, 4) is 11.4 Å². The fourth-order valence-electron chi connectivity index (χ4n) is 2.00. The number of nitrogens with zero attached hydrogens (tertiary/aromatic N) is 2. The third-order valence-electron chi connectivity index (χ3n) is 3.08. The fraction of sp³-hybridized carbons (Fsp3) is 0.286. The SMILES string of the molecule is COc1cc(C)c[c-]c1-n1c(=O)cc(C(F)(F)F)n(C)c1=S.[Y]. The topological polar surface area (TPSA) is 36.2 Å². The molecule has 0 N–H and O–H groups in total. The van der Waals surface area contributed by atoms with Crippen molar-refractivity contribution in [3.63, 3.8) is 0 Å². The van der Waals surface area contributed by atoms with E-state index in [0.29, 0.717) is 11.8 Å². The first kappa shape index (κ1) is 20.1. The van der Waals surface area contributed by atoms with Gasteiger partial charge in [0.15, 0.2) is 4.77 Å². The molecule has 0 aliphatic carbocycles.